The van der Waals surface area contributed by atoms with Crippen molar-refractivity contribution in [3.05, 3.63) is 23.3 Å². The van der Waals surface area contributed by atoms with E-state index in [4.69, 9.17) is 5.73 Å². The highest BCUT2D eigenvalue weighted by molar-refractivity contribution is 5.34. The van der Waals surface area contributed by atoms with Crippen LogP contribution in [0.3, 0.4) is 0 Å². The number of allylic oxidation sites excluding steroid dienone is 2. The van der Waals surface area contributed by atoms with Gasteiger partial charge in [-0.25, -0.2) is 0 Å². The molecule has 2 rings (SSSR count). The zero-order valence-electron chi connectivity index (χ0n) is 9.55. The van der Waals surface area contributed by atoms with Gasteiger partial charge in [0.1, 0.15) is 0 Å². The van der Waals surface area contributed by atoms with Gasteiger partial charge in [-0.2, -0.15) is 0 Å². The molecule has 0 bridgehead atoms. The maximum absolute atomic E-state index is 6.08. The van der Waals surface area contributed by atoms with E-state index in [0.717, 1.165) is 0 Å². The normalized spacial score (nSPS) is 26.1. The monoisotopic (exact) mass is 195 g/mol. The molecule has 0 spiro atoms. The van der Waals surface area contributed by atoms with E-state index in [0.29, 0.717) is 6.04 Å². The van der Waals surface area contributed by atoms with Crippen molar-refractivity contribution in [2.24, 2.45) is 5.73 Å². The number of hydrogen-bond acceptors (Lipinski definition) is 1. The van der Waals surface area contributed by atoms with Crippen LogP contribution in [-0.2, 0) is 0 Å². The van der Waals surface area contributed by atoms with Crippen LogP contribution in [0, 0.1) is 0 Å². The van der Waals surface area contributed by atoms with E-state index in [-0.39, 0.29) is 1.43 Å². The molecule has 0 aromatic carbocycles. The summed E-state index contributed by atoms with van der Waals surface area (Å²) < 4.78 is 0. The molecule has 1 heteroatoms. The molecule has 2 aliphatic rings. The minimum absolute atomic E-state index is 0. The first kappa shape index (κ1) is 11.5. The SMILES string of the molecule is CC.NC1CCCCC2=C1C=CCC2.[HH]. The summed E-state index contributed by atoms with van der Waals surface area (Å²) in [6.07, 6.45) is 12.2. The van der Waals surface area contributed by atoms with E-state index < -0.39 is 0 Å². The largest absolute Gasteiger partial charge is 0.324 e. The summed E-state index contributed by atoms with van der Waals surface area (Å²) in [4.78, 5) is 0. The Hall–Kier alpha value is -0.560. The smallest absolute Gasteiger partial charge is 0.0294 e. The molecule has 1 atom stereocenters. The Morgan fingerprint density at radius 2 is 2.07 bits per heavy atom. The zero-order chi connectivity index (χ0) is 10.4. The highest BCUT2D eigenvalue weighted by Gasteiger charge is 2.17. The van der Waals surface area contributed by atoms with Crippen molar-refractivity contribution in [1.29, 1.82) is 0 Å². The van der Waals surface area contributed by atoms with E-state index in [1.165, 1.54) is 44.1 Å². The summed E-state index contributed by atoms with van der Waals surface area (Å²) in [6, 6.07) is 0.332. The first-order chi connectivity index (χ1) is 6.88. The molecule has 0 saturated heterocycles. The van der Waals surface area contributed by atoms with Crippen LogP contribution >= 0.6 is 0 Å². The fraction of sp³-hybridized carbons (Fsp3) is 0.692. The molecule has 2 aliphatic carbocycles. The molecule has 0 amide bonds. The van der Waals surface area contributed by atoms with Gasteiger partial charge in [0.15, 0.2) is 0 Å². The predicted molar refractivity (Wildman–Crippen MR) is 65.3 cm³/mol. The summed E-state index contributed by atoms with van der Waals surface area (Å²) in [5.74, 6) is 0. The maximum atomic E-state index is 6.08. The standard InChI is InChI=1S/C11H17N.C2H6.H2/c12-11-8-4-2-6-9-5-1-3-7-10(9)11;1-2;/h3,7,11H,1-2,4-6,8,12H2;1-2H3;1H. The Kier molecular flexibility index (Phi) is 4.95. The van der Waals surface area contributed by atoms with E-state index >= 15 is 0 Å². The fourth-order valence-corrected chi connectivity index (χ4v) is 2.24. The van der Waals surface area contributed by atoms with Crippen molar-refractivity contribution < 1.29 is 1.43 Å². The average Bonchev–Trinajstić information content (AvgIpc) is 2.45. The predicted octanol–water partition coefficient (Wildman–Crippen LogP) is 3.81. The van der Waals surface area contributed by atoms with E-state index in [2.05, 4.69) is 12.2 Å². The van der Waals surface area contributed by atoms with Crippen molar-refractivity contribution in [2.45, 2.75) is 58.4 Å². The third-order valence-corrected chi connectivity index (χ3v) is 2.96. The van der Waals surface area contributed by atoms with Crippen LogP contribution in [0.15, 0.2) is 23.3 Å². The molecule has 0 radical (unpaired) electrons. The number of nitrogens with two attached hydrogens (primary N) is 1. The Labute approximate surface area is 89.6 Å². The summed E-state index contributed by atoms with van der Waals surface area (Å²) in [6.45, 7) is 4.00. The van der Waals surface area contributed by atoms with Gasteiger partial charge in [-0.05, 0) is 37.7 Å². The highest BCUT2D eigenvalue weighted by Crippen LogP contribution is 2.29. The lowest BCUT2D eigenvalue weighted by atomic mass is 9.92. The second-order valence-electron chi connectivity index (χ2n) is 3.85. The minimum atomic E-state index is 0. The van der Waals surface area contributed by atoms with Gasteiger partial charge in [0.25, 0.3) is 0 Å². The molecular weight excluding hydrogens is 170 g/mol. The molecule has 0 aromatic heterocycles. The van der Waals surface area contributed by atoms with Crippen molar-refractivity contribution in [3.63, 3.8) is 0 Å². The van der Waals surface area contributed by atoms with Gasteiger partial charge in [0.05, 0.1) is 0 Å². The summed E-state index contributed by atoms with van der Waals surface area (Å²) in [7, 11) is 0. The van der Waals surface area contributed by atoms with Crippen molar-refractivity contribution in [2.75, 3.05) is 0 Å². The lowest BCUT2D eigenvalue weighted by molar-refractivity contribution is 0.646. The Morgan fingerprint density at radius 1 is 1.29 bits per heavy atom. The molecule has 1 unspecified atom stereocenters. The maximum Gasteiger partial charge on any atom is 0.0294 e. The third-order valence-electron chi connectivity index (χ3n) is 2.96. The second-order valence-corrected chi connectivity index (χ2v) is 3.85. The average molecular weight is 195 g/mol. The molecule has 0 heterocycles. The molecule has 0 saturated carbocycles. The molecule has 82 valence electrons. The Bertz CT molecular complexity index is 231. The van der Waals surface area contributed by atoms with Gasteiger partial charge in [0.2, 0.25) is 0 Å². The summed E-state index contributed by atoms with van der Waals surface area (Å²) in [5.41, 5.74) is 9.18. The van der Waals surface area contributed by atoms with Crippen LogP contribution < -0.4 is 5.73 Å². The van der Waals surface area contributed by atoms with Crippen LogP contribution in [0.2, 0.25) is 0 Å². The van der Waals surface area contributed by atoms with E-state index in [9.17, 15) is 0 Å². The second kappa shape index (κ2) is 6.02. The van der Waals surface area contributed by atoms with Crippen LogP contribution in [0.25, 0.3) is 0 Å². The molecule has 0 aliphatic heterocycles. The summed E-state index contributed by atoms with van der Waals surface area (Å²) in [5, 5.41) is 0. The highest BCUT2D eigenvalue weighted by atomic mass is 14.6. The van der Waals surface area contributed by atoms with Crippen LogP contribution in [-0.4, -0.2) is 6.04 Å². The topological polar surface area (TPSA) is 26.0 Å². The van der Waals surface area contributed by atoms with Crippen molar-refractivity contribution >= 4 is 0 Å². The lowest BCUT2D eigenvalue weighted by Crippen LogP contribution is -2.22. The van der Waals surface area contributed by atoms with Gasteiger partial charge in [-0.1, -0.05) is 38.0 Å². The van der Waals surface area contributed by atoms with Crippen LogP contribution in [0.5, 0.6) is 0 Å². The third kappa shape index (κ3) is 2.71. The Balaban J connectivity index is 0.000000617. The minimum Gasteiger partial charge on any atom is -0.324 e. The number of hydrogen-bond donors (Lipinski definition) is 1. The van der Waals surface area contributed by atoms with Gasteiger partial charge in [-0.15, -0.1) is 0 Å². The van der Waals surface area contributed by atoms with Crippen molar-refractivity contribution in [3.8, 4) is 0 Å². The Morgan fingerprint density at radius 3 is 2.86 bits per heavy atom. The number of rotatable bonds is 0. The molecule has 0 aromatic rings. The van der Waals surface area contributed by atoms with Gasteiger partial charge >= 0.3 is 0 Å². The van der Waals surface area contributed by atoms with Crippen molar-refractivity contribution in [1.82, 2.24) is 0 Å². The van der Waals surface area contributed by atoms with Gasteiger partial charge < -0.3 is 5.73 Å². The van der Waals surface area contributed by atoms with Crippen LogP contribution in [0.4, 0.5) is 0 Å². The fourth-order valence-electron chi connectivity index (χ4n) is 2.24. The quantitative estimate of drug-likeness (QED) is 0.625. The molecule has 2 N–H and O–H groups in total. The molecule has 1 nitrogen and oxygen atoms in total. The van der Waals surface area contributed by atoms with Gasteiger partial charge in [0, 0.05) is 7.47 Å². The zero-order valence-corrected chi connectivity index (χ0v) is 9.55. The molecular formula is C13H25N. The summed E-state index contributed by atoms with van der Waals surface area (Å²) >= 11 is 0. The first-order valence-corrected chi connectivity index (χ1v) is 6.02. The first-order valence-electron chi connectivity index (χ1n) is 6.02. The van der Waals surface area contributed by atoms with Gasteiger partial charge in [-0.3, -0.25) is 0 Å². The van der Waals surface area contributed by atoms with E-state index in [1.807, 2.05) is 13.8 Å². The van der Waals surface area contributed by atoms with Crippen LogP contribution in [0.1, 0.15) is 53.8 Å². The van der Waals surface area contributed by atoms with E-state index in [1.54, 1.807) is 5.57 Å². The lowest BCUT2D eigenvalue weighted by Gasteiger charge is -2.17. The molecule has 14 heavy (non-hydrogen) atoms. The molecule has 0 fully saturated rings.